The summed E-state index contributed by atoms with van der Waals surface area (Å²) in [5.74, 6) is 0. The highest BCUT2D eigenvalue weighted by Crippen LogP contribution is 2.35. The normalized spacial score (nSPS) is 13.5. The third-order valence-electron chi connectivity index (χ3n) is 2.38. The lowest BCUT2D eigenvalue weighted by molar-refractivity contribution is 1.31. The summed E-state index contributed by atoms with van der Waals surface area (Å²) in [5.41, 5.74) is 1.56. The summed E-state index contributed by atoms with van der Waals surface area (Å²) < 4.78 is 2.63. The number of halogens is 1. The summed E-state index contributed by atoms with van der Waals surface area (Å²) in [6.45, 7) is 0. The molecule has 1 aliphatic carbocycles. The van der Waals surface area contributed by atoms with Gasteiger partial charge in [0.05, 0.1) is 0 Å². The SMILES string of the molecule is Cl.P.c1ccc([CH2][Mg][CH]2CC2)cc1. The smallest absolute Gasteiger partial charge is 0.153 e. The van der Waals surface area contributed by atoms with E-state index in [0.29, 0.717) is 0 Å². The van der Waals surface area contributed by atoms with Gasteiger partial charge in [-0.25, -0.2) is 0 Å². The Morgan fingerprint density at radius 1 is 1.15 bits per heavy atom. The minimum atomic E-state index is 0. The Balaban J connectivity index is 0.000000720. The van der Waals surface area contributed by atoms with Crippen molar-refractivity contribution in [1.82, 2.24) is 0 Å². The van der Waals surface area contributed by atoms with Crippen LogP contribution in [0, 0.1) is 0 Å². The van der Waals surface area contributed by atoms with Crippen molar-refractivity contribution >= 4 is 42.7 Å². The Labute approximate surface area is 99.6 Å². The summed E-state index contributed by atoms with van der Waals surface area (Å²) in [7, 11) is 0. The quantitative estimate of drug-likeness (QED) is 0.550. The van der Waals surface area contributed by atoms with Gasteiger partial charge in [0.15, 0.2) is 0 Å². The standard InChI is InChI=1S/C7H7.C3H5.ClH.Mg.H3P/c1-7-5-3-2-4-6-7;1-2-3-1;;;/h2-6H,1H2;1H,2-3H2;1H;;1H3. The predicted octanol–water partition coefficient (Wildman–Crippen LogP) is 2.95. The molecule has 1 atom stereocenters. The van der Waals surface area contributed by atoms with Gasteiger partial charge in [-0.3, -0.25) is 0 Å². The molecule has 0 bridgehead atoms. The first-order valence-corrected chi connectivity index (χ1v) is 6.31. The summed E-state index contributed by atoms with van der Waals surface area (Å²) in [4.78, 5) is 0. The van der Waals surface area contributed by atoms with Crippen LogP contribution >= 0.6 is 22.3 Å². The van der Waals surface area contributed by atoms with E-state index in [9.17, 15) is 0 Å². The second-order valence-corrected chi connectivity index (χ2v) is 5.70. The average Bonchev–Trinajstić information content (AvgIpc) is 2.86. The maximum atomic E-state index is 2.26. The highest BCUT2D eigenvalue weighted by Gasteiger charge is 2.22. The zero-order valence-corrected chi connectivity index (χ0v) is 11.6. The van der Waals surface area contributed by atoms with Crippen molar-refractivity contribution in [3.8, 4) is 0 Å². The first-order chi connectivity index (χ1) is 5.45. The molecule has 1 aromatic carbocycles. The molecule has 1 fully saturated rings. The zero-order chi connectivity index (χ0) is 7.52. The molecule has 1 aromatic rings. The van der Waals surface area contributed by atoms with Crippen molar-refractivity contribution in [3.05, 3.63) is 35.9 Å². The monoisotopic (exact) mass is 226 g/mol. The molecule has 3 heteroatoms. The van der Waals surface area contributed by atoms with Crippen LogP contribution in [0.2, 0.25) is 4.05 Å². The van der Waals surface area contributed by atoms with Crippen LogP contribution in [0.5, 0.6) is 0 Å². The Morgan fingerprint density at radius 2 is 1.77 bits per heavy atom. The van der Waals surface area contributed by atoms with E-state index in [1.54, 1.807) is 18.4 Å². The lowest BCUT2D eigenvalue weighted by Gasteiger charge is -1.95. The maximum absolute atomic E-state index is 2.26. The summed E-state index contributed by atoms with van der Waals surface area (Å²) in [6, 6.07) is 10.9. The van der Waals surface area contributed by atoms with Gasteiger partial charge in [0, 0.05) is 0 Å². The van der Waals surface area contributed by atoms with Crippen LogP contribution in [0.3, 0.4) is 0 Å². The van der Waals surface area contributed by atoms with E-state index in [2.05, 4.69) is 30.3 Å². The molecule has 0 aromatic heterocycles. The van der Waals surface area contributed by atoms with Crippen molar-refractivity contribution in [2.75, 3.05) is 0 Å². The van der Waals surface area contributed by atoms with Gasteiger partial charge in [-0.05, 0) is 0 Å². The molecule has 13 heavy (non-hydrogen) atoms. The fourth-order valence-electron chi connectivity index (χ4n) is 1.42. The molecule has 0 heterocycles. The second-order valence-electron chi connectivity index (χ2n) is 3.47. The number of hydrogen-bond donors (Lipinski definition) is 0. The average molecular weight is 227 g/mol. The van der Waals surface area contributed by atoms with Gasteiger partial charge in [0.2, 0.25) is 0 Å². The predicted molar refractivity (Wildman–Crippen MR) is 67.2 cm³/mol. The van der Waals surface area contributed by atoms with Crippen LogP contribution in [0.15, 0.2) is 30.3 Å². The fourth-order valence-corrected chi connectivity index (χ4v) is 3.31. The van der Waals surface area contributed by atoms with Crippen LogP contribution in [-0.4, -0.2) is 20.4 Å². The van der Waals surface area contributed by atoms with Gasteiger partial charge in [-0.1, -0.05) is 48.7 Å². The molecule has 0 radical (unpaired) electrons. The molecular weight excluding hydrogens is 211 g/mol. The topological polar surface area (TPSA) is 0 Å². The van der Waals surface area contributed by atoms with Crippen LogP contribution in [0.4, 0.5) is 0 Å². The number of benzene rings is 1. The summed E-state index contributed by atoms with van der Waals surface area (Å²) in [5, 5.41) is 0. The van der Waals surface area contributed by atoms with Crippen LogP contribution in [0.1, 0.15) is 18.4 Å². The summed E-state index contributed by atoms with van der Waals surface area (Å²) in [6.07, 6.45) is 3.08. The van der Waals surface area contributed by atoms with E-state index in [-0.39, 0.29) is 42.7 Å². The van der Waals surface area contributed by atoms with Gasteiger partial charge in [-0.15, -0.1) is 21.0 Å². The van der Waals surface area contributed by atoms with Crippen molar-refractivity contribution in [2.45, 2.75) is 21.4 Å². The van der Waals surface area contributed by atoms with E-state index in [1.807, 2.05) is 0 Å². The number of hydrogen-bond acceptors (Lipinski definition) is 0. The Morgan fingerprint density at radius 3 is 2.31 bits per heavy atom. The third kappa shape index (κ3) is 5.22. The lowest BCUT2D eigenvalue weighted by atomic mass is 10.2. The van der Waals surface area contributed by atoms with Gasteiger partial charge in [-0.2, -0.15) is 9.90 Å². The highest BCUT2D eigenvalue weighted by molar-refractivity contribution is 6.92. The molecule has 0 saturated heterocycles. The minimum Gasteiger partial charge on any atom is -0.153 e. The molecule has 0 N–H and O–H groups in total. The van der Waals surface area contributed by atoms with Gasteiger partial charge < -0.3 is 0 Å². The first kappa shape index (κ1) is 13.7. The molecule has 1 aliphatic rings. The summed E-state index contributed by atoms with van der Waals surface area (Å²) >= 11 is 0.259. The Hall–Kier alpha value is 0.706. The lowest BCUT2D eigenvalue weighted by Crippen LogP contribution is -1.94. The maximum Gasteiger partial charge on any atom is 0.375 e. The zero-order valence-electron chi connectivity index (χ0n) is 7.91. The minimum absolute atomic E-state index is 0. The highest BCUT2D eigenvalue weighted by atomic mass is 35.5. The van der Waals surface area contributed by atoms with Gasteiger partial charge >= 0.3 is 20.4 Å². The van der Waals surface area contributed by atoms with E-state index in [1.165, 1.54) is 8.60 Å². The number of rotatable bonds is 3. The van der Waals surface area contributed by atoms with Crippen molar-refractivity contribution < 1.29 is 0 Å². The van der Waals surface area contributed by atoms with E-state index >= 15 is 0 Å². The van der Waals surface area contributed by atoms with E-state index < -0.39 is 0 Å². The van der Waals surface area contributed by atoms with Crippen molar-refractivity contribution in [1.29, 1.82) is 0 Å². The molecule has 0 amide bonds. The Kier molecular flexibility index (Phi) is 7.44. The second kappa shape index (κ2) is 7.06. The first-order valence-electron chi connectivity index (χ1n) is 4.49. The van der Waals surface area contributed by atoms with Gasteiger partial charge in [0.25, 0.3) is 0 Å². The van der Waals surface area contributed by atoms with E-state index in [4.69, 9.17) is 0 Å². The van der Waals surface area contributed by atoms with Crippen LogP contribution in [0.25, 0.3) is 0 Å². The molecule has 1 unspecified atom stereocenters. The third-order valence-corrected chi connectivity index (χ3v) is 4.88. The van der Waals surface area contributed by atoms with E-state index in [0.717, 1.165) is 0 Å². The molecule has 0 nitrogen and oxygen atoms in total. The van der Waals surface area contributed by atoms with Gasteiger partial charge in [0.1, 0.15) is 0 Å². The largest absolute Gasteiger partial charge is 0.375 e. The Bertz CT molecular complexity index is 224. The molecule has 2 rings (SSSR count). The molecular formula is C10H16ClMgP. The molecule has 0 spiro atoms. The molecule has 1 saturated carbocycles. The van der Waals surface area contributed by atoms with Crippen LogP contribution < -0.4 is 0 Å². The molecule has 0 aliphatic heterocycles. The molecule has 70 valence electrons. The van der Waals surface area contributed by atoms with Crippen LogP contribution in [-0.2, 0) is 4.55 Å². The van der Waals surface area contributed by atoms with Crippen molar-refractivity contribution in [2.24, 2.45) is 0 Å². The fraction of sp³-hybridized carbons (Fsp3) is 0.400. The van der Waals surface area contributed by atoms with Crippen molar-refractivity contribution in [3.63, 3.8) is 0 Å².